The van der Waals surface area contributed by atoms with Crippen LogP contribution >= 0.6 is 15.9 Å². The van der Waals surface area contributed by atoms with Crippen LogP contribution in [0.5, 0.6) is 5.75 Å². The number of hydrogen-bond acceptors (Lipinski definition) is 3. The molecule has 5 heteroatoms. The highest BCUT2D eigenvalue weighted by molar-refractivity contribution is 9.10. The van der Waals surface area contributed by atoms with Gasteiger partial charge in [0.2, 0.25) is 0 Å². The van der Waals surface area contributed by atoms with Gasteiger partial charge in [0.15, 0.2) is 0 Å². The normalized spacial score (nSPS) is 23.6. The van der Waals surface area contributed by atoms with Gasteiger partial charge in [-0.3, -0.25) is 0 Å². The first-order valence-corrected chi connectivity index (χ1v) is 6.25. The van der Waals surface area contributed by atoms with E-state index in [2.05, 4.69) is 15.9 Å². The van der Waals surface area contributed by atoms with Gasteiger partial charge in [-0.2, -0.15) is 0 Å². The molecule has 0 radical (unpaired) electrons. The van der Waals surface area contributed by atoms with Gasteiger partial charge in [-0.15, -0.1) is 0 Å². The van der Waals surface area contributed by atoms with Crippen LogP contribution in [0.4, 0.5) is 0 Å². The fraction of sp³-hybridized carbons (Fsp3) is 0.417. The lowest BCUT2D eigenvalue weighted by Crippen LogP contribution is -2.26. The fourth-order valence-corrected chi connectivity index (χ4v) is 2.34. The molecule has 0 heterocycles. The minimum atomic E-state index is -1.03. The number of aliphatic hydroxyl groups is 1. The number of carbonyl (C=O) groups is 1. The quantitative estimate of drug-likeness (QED) is 0.900. The Morgan fingerprint density at radius 3 is 2.76 bits per heavy atom. The monoisotopic (exact) mass is 300 g/mol. The van der Waals surface area contributed by atoms with Gasteiger partial charge in [-0.05, 0) is 37.5 Å². The number of ether oxygens (including phenoxy) is 1. The second kappa shape index (κ2) is 5.06. The zero-order valence-electron chi connectivity index (χ0n) is 9.10. The molecule has 1 aliphatic rings. The van der Waals surface area contributed by atoms with Gasteiger partial charge < -0.3 is 14.9 Å². The summed E-state index contributed by atoms with van der Waals surface area (Å²) in [6, 6.07) is 4.83. The van der Waals surface area contributed by atoms with Crippen LogP contribution in [-0.2, 0) is 0 Å². The summed E-state index contributed by atoms with van der Waals surface area (Å²) in [5.41, 5.74) is 0.110. The molecule has 2 rings (SSSR count). The van der Waals surface area contributed by atoms with E-state index in [-0.39, 0.29) is 11.7 Å². The average molecular weight is 301 g/mol. The summed E-state index contributed by atoms with van der Waals surface area (Å²) in [5, 5.41) is 18.7. The number of aromatic carboxylic acids is 1. The smallest absolute Gasteiger partial charge is 0.339 e. The summed E-state index contributed by atoms with van der Waals surface area (Å²) < 4.78 is 6.27. The largest absolute Gasteiger partial charge is 0.487 e. The molecule has 0 aliphatic heterocycles. The van der Waals surface area contributed by atoms with E-state index in [0.717, 1.165) is 12.8 Å². The van der Waals surface area contributed by atoms with Gasteiger partial charge in [0.1, 0.15) is 17.4 Å². The van der Waals surface area contributed by atoms with Crippen molar-refractivity contribution in [2.75, 3.05) is 0 Å². The van der Waals surface area contributed by atoms with Gasteiger partial charge in [-0.25, -0.2) is 4.79 Å². The predicted octanol–water partition coefficient (Wildman–Crippen LogP) is 2.44. The first-order chi connectivity index (χ1) is 8.08. The van der Waals surface area contributed by atoms with E-state index in [0.29, 0.717) is 16.6 Å². The predicted molar refractivity (Wildman–Crippen MR) is 65.4 cm³/mol. The molecule has 0 saturated heterocycles. The van der Waals surface area contributed by atoms with Crippen molar-refractivity contribution in [1.82, 2.24) is 0 Å². The maximum atomic E-state index is 11.1. The Hall–Kier alpha value is -1.07. The second-order valence-corrected chi connectivity index (χ2v) is 5.02. The van der Waals surface area contributed by atoms with Crippen molar-refractivity contribution < 1.29 is 19.7 Å². The molecule has 4 nitrogen and oxygen atoms in total. The van der Waals surface area contributed by atoms with Crippen LogP contribution in [0.15, 0.2) is 22.7 Å². The number of rotatable bonds is 3. The Balaban J connectivity index is 2.22. The summed E-state index contributed by atoms with van der Waals surface area (Å²) in [6.07, 6.45) is 1.58. The molecule has 0 aromatic heterocycles. The van der Waals surface area contributed by atoms with E-state index in [1.807, 2.05) is 0 Å². The molecule has 2 unspecified atom stereocenters. The molecule has 2 atom stereocenters. The molecule has 1 fully saturated rings. The lowest BCUT2D eigenvalue weighted by atomic mass is 10.2. The van der Waals surface area contributed by atoms with Gasteiger partial charge >= 0.3 is 5.97 Å². The highest BCUT2D eigenvalue weighted by Gasteiger charge is 2.28. The minimum Gasteiger partial charge on any atom is -0.487 e. The summed E-state index contributed by atoms with van der Waals surface area (Å²) in [4.78, 5) is 11.1. The zero-order valence-corrected chi connectivity index (χ0v) is 10.7. The molecule has 1 aromatic rings. The summed E-state index contributed by atoms with van der Waals surface area (Å²) >= 11 is 3.22. The first-order valence-electron chi connectivity index (χ1n) is 5.45. The number of carboxylic acids is 1. The van der Waals surface area contributed by atoms with Crippen LogP contribution in [0.2, 0.25) is 0 Å². The molecule has 0 spiro atoms. The molecule has 1 saturated carbocycles. The lowest BCUT2D eigenvalue weighted by molar-refractivity contribution is 0.0560. The Kier molecular flexibility index (Phi) is 3.69. The summed E-state index contributed by atoms with van der Waals surface area (Å²) in [7, 11) is 0. The SMILES string of the molecule is O=C(O)c1cc(Br)ccc1OC1CCCC1O. The Labute approximate surface area is 107 Å². The molecule has 92 valence electrons. The molecule has 17 heavy (non-hydrogen) atoms. The van der Waals surface area contributed by atoms with Crippen LogP contribution in [0.25, 0.3) is 0 Å². The number of hydrogen-bond donors (Lipinski definition) is 2. The molecular formula is C12H13BrO4. The van der Waals surface area contributed by atoms with E-state index in [4.69, 9.17) is 9.84 Å². The average Bonchev–Trinajstić information content (AvgIpc) is 2.67. The van der Waals surface area contributed by atoms with Gasteiger partial charge in [0.25, 0.3) is 0 Å². The highest BCUT2D eigenvalue weighted by Crippen LogP contribution is 2.29. The molecule has 0 amide bonds. The Morgan fingerprint density at radius 1 is 1.41 bits per heavy atom. The Morgan fingerprint density at radius 2 is 2.18 bits per heavy atom. The van der Waals surface area contributed by atoms with Crippen molar-refractivity contribution in [3.63, 3.8) is 0 Å². The van der Waals surface area contributed by atoms with Crippen molar-refractivity contribution in [2.45, 2.75) is 31.5 Å². The van der Waals surface area contributed by atoms with Crippen LogP contribution in [-0.4, -0.2) is 28.4 Å². The van der Waals surface area contributed by atoms with Crippen molar-refractivity contribution in [3.8, 4) is 5.75 Å². The first kappa shape index (κ1) is 12.4. The molecule has 1 aromatic carbocycles. The summed E-state index contributed by atoms with van der Waals surface area (Å²) in [6.45, 7) is 0. The molecular weight excluding hydrogens is 288 g/mol. The standard InChI is InChI=1S/C12H13BrO4/c13-7-4-5-10(8(6-7)12(15)16)17-11-3-1-2-9(11)14/h4-6,9,11,14H,1-3H2,(H,15,16). The van der Waals surface area contributed by atoms with Crippen LogP contribution in [0.1, 0.15) is 29.6 Å². The van der Waals surface area contributed by atoms with Crippen LogP contribution in [0, 0.1) is 0 Å². The number of halogens is 1. The maximum Gasteiger partial charge on any atom is 0.339 e. The second-order valence-electron chi connectivity index (χ2n) is 4.10. The van der Waals surface area contributed by atoms with E-state index >= 15 is 0 Å². The minimum absolute atomic E-state index is 0.110. The lowest BCUT2D eigenvalue weighted by Gasteiger charge is -2.18. The van der Waals surface area contributed by atoms with E-state index in [1.165, 1.54) is 6.07 Å². The van der Waals surface area contributed by atoms with Crippen molar-refractivity contribution >= 4 is 21.9 Å². The van der Waals surface area contributed by atoms with Crippen LogP contribution < -0.4 is 4.74 Å². The molecule has 1 aliphatic carbocycles. The van der Waals surface area contributed by atoms with Gasteiger partial charge in [0.05, 0.1) is 6.10 Å². The number of aliphatic hydroxyl groups excluding tert-OH is 1. The highest BCUT2D eigenvalue weighted by atomic mass is 79.9. The van der Waals surface area contributed by atoms with E-state index in [9.17, 15) is 9.90 Å². The fourth-order valence-electron chi connectivity index (χ4n) is 1.98. The van der Waals surface area contributed by atoms with E-state index in [1.54, 1.807) is 12.1 Å². The third kappa shape index (κ3) is 2.79. The topological polar surface area (TPSA) is 66.8 Å². The molecule has 0 bridgehead atoms. The third-order valence-corrected chi connectivity index (χ3v) is 3.36. The number of benzene rings is 1. The van der Waals surface area contributed by atoms with Gasteiger partial charge in [0, 0.05) is 4.47 Å². The zero-order chi connectivity index (χ0) is 12.4. The number of carboxylic acid groups (broad SMARTS) is 1. The van der Waals surface area contributed by atoms with E-state index < -0.39 is 12.1 Å². The summed E-state index contributed by atoms with van der Waals surface area (Å²) in [5.74, 6) is -0.722. The molecule has 2 N–H and O–H groups in total. The van der Waals surface area contributed by atoms with Crippen LogP contribution in [0.3, 0.4) is 0 Å². The third-order valence-electron chi connectivity index (χ3n) is 2.87. The van der Waals surface area contributed by atoms with Crippen molar-refractivity contribution in [1.29, 1.82) is 0 Å². The van der Waals surface area contributed by atoms with Crippen molar-refractivity contribution in [3.05, 3.63) is 28.2 Å². The van der Waals surface area contributed by atoms with Gasteiger partial charge in [-0.1, -0.05) is 15.9 Å². The van der Waals surface area contributed by atoms with Crippen molar-refractivity contribution in [2.24, 2.45) is 0 Å². The Bertz CT molecular complexity index is 433. The maximum absolute atomic E-state index is 11.1.